The maximum absolute atomic E-state index is 12.0. The maximum Gasteiger partial charge on any atom is 0.269 e. The number of rotatable bonds is 5. The molecule has 0 bridgehead atoms. The van der Waals surface area contributed by atoms with Gasteiger partial charge >= 0.3 is 0 Å². The van der Waals surface area contributed by atoms with Gasteiger partial charge in [-0.3, -0.25) is 20.4 Å². The summed E-state index contributed by atoms with van der Waals surface area (Å²) in [6.07, 6.45) is 0. The van der Waals surface area contributed by atoms with Crippen LogP contribution in [0.4, 0.5) is 0 Å². The second-order valence-corrected chi connectivity index (χ2v) is 6.91. The largest absolute Gasteiger partial charge is 0.305 e. The molecule has 0 atom stereocenters. The van der Waals surface area contributed by atoms with Crippen LogP contribution in [0, 0.1) is 0 Å². The lowest BCUT2D eigenvalue weighted by Gasteiger charge is -2.07. The molecular formula is C18H16ClN5O2S. The summed E-state index contributed by atoms with van der Waals surface area (Å²) in [6, 6.07) is 15.9. The van der Waals surface area contributed by atoms with E-state index in [2.05, 4.69) is 21.0 Å². The topological polar surface area (TPSA) is 88.9 Å². The number of aromatic nitrogens is 3. The SMILES string of the molecule is Cn1c(SCC(=O)NNC(=O)c2ccccc2)nnc1-c1ccc(Cl)cc1. The van der Waals surface area contributed by atoms with Crippen LogP contribution in [0.1, 0.15) is 10.4 Å². The zero-order valence-corrected chi connectivity index (χ0v) is 15.9. The summed E-state index contributed by atoms with van der Waals surface area (Å²) < 4.78 is 1.80. The van der Waals surface area contributed by atoms with Crippen molar-refractivity contribution in [3.63, 3.8) is 0 Å². The van der Waals surface area contributed by atoms with Crippen molar-refractivity contribution in [2.24, 2.45) is 7.05 Å². The number of hydrogen-bond acceptors (Lipinski definition) is 5. The highest BCUT2D eigenvalue weighted by Gasteiger charge is 2.13. The molecule has 7 nitrogen and oxygen atoms in total. The third-order valence-corrected chi connectivity index (χ3v) is 4.89. The van der Waals surface area contributed by atoms with Crippen LogP contribution in [0.15, 0.2) is 59.8 Å². The number of nitrogens with one attached hydrogen (secondary N) is 2. The van der Waals surface area contributed by atoms with Crippen LogP contribution in [0.2, 0.25) is 5.02 Å². The van der Waals surface area contributed by atoms with E-state index in [1.54, 1.807) is 41.0 Å². The molecule has 3 aromatic rings. The maximum atomic E-state index is 12.0. The van der Waals surface area contributed by atoms with Crippen LogP contribution in [0.3, 0.4) is 0 Å². The Hall–Kier alpha value is -2.84. The van der Waals surface area contributed by atoms with Crippen LogP contribution in [-0.4, -0.2) is 32.3 Å². The van der Waals surface area contributed by atoms with E-state index in [4.69, 9.17) is 11.6 Å². The molecule has 27 heavy (non-hydrogen) atoms. The molecule has 3 rings (SSSR count). The van der Waals surface area contributed by atoms with E-state index in [1.165, 1.54) is 11.8 Å². The summed E-state index contributed by atoms with van der Waals surface area (Å²) in [4.78, 5) is 23.9. The van der Waals surface area contributed by atoms with Crippen molar-refractivity contribution in [1.82, 2.24) is 25.6 Å². The molecule has 2 amide bonds. The number of thioether (sulfide) groups is 1. The Morgan fingerprint density at radius 3 is 2.44 bits per heavy atom. The van der Waals surface area contributed by atoms with Crippen LogP contribution in [0.25, 0.3) is 11.4 Å². The summed E-state index contributed by atoms with van der Waals surface area (Å²) in [7, 11) is 1.82. The fraction of sp³-hybridized carbons (Fsp3) is 0.111. The smallest absolute Gasteiger partial charge is 0.269 e. The van der Waals surface area contributed by atoms with E-state index in [1.807, 2.05) is 25.2 Å². The van der Waals surface area contributed by atoms with Gasteiger partial charge < -0.3 is 4.57 Å². The third kappa shape index (κ3) is 4.87. The molecule has 2 aromatic carbocycles. The lowest BCUT2D eigenvalue weighted by atomic mass is 10.2. The van der Waals surface area contributed by atoms with Crippen LogP contribution >= 0.6 is 23.4 Å². The minimum Gasteiger partial charge on any atom is -0.305 e. The Bertz CT molecular complexity index is 944. The molecule has 0 aliphatic rings. The average Bonchev–Trinajstić information content (AvgIpc) is 3.06. The normalized spacial score (nSPS) is 10.4. The fourth-order valence-corrected chi connectivity index (χ4v) is 3.08. The predicted octanol–water partition coefficient (Wildman–Crippen LogP) is 2.69. The summed E-state index contributed by atoms with van der Waals surface area (Å²) in [5.41, 5.74) is 6.10. The Morgan fingerprint density at radius 2 is 1.74 bits per heavy atom. The molecule has 2 N–H and O–H groups in total. The Morgan fingerprint density at radius 1 is 1.04 bits per heavy atom. The first kappa shape index (κ1) is 18.9. The minimum absolute atomic E-state index is 0.0850. The van der Waals surface area contributed by atoms with Crippen molar-refractivity contribution in [3.8, 4) is 11.4 Å². The van der Waals surface area contributed by atoms with Gasteiger partial charge in [0.1, 0.15) is 0 Å². The lowest BCUT2D eigenvalue weighted by molar-refractivity contribution is -0.119. The van der Waals surface area contributed by atoms with Gasteiger partial charge in [-0.2, -0.15) is 0 Å². The molecule has 1 aromatic heterocycles. The van der Waals surface area contributed by atoms with Crippen molar-refractivity contribution < 1.29 is 9.59 Å². The molecule has 0 saturated heterocycles. The highest BCUT2D eigenvalue weighted by atomic mass is 35.5. The van der Waals surface area contributed by atoms with Crippen LogP contribution in [0.5, 0.6) is 0 Å². The average molecular weight is 402 g/mol. The van der Waals surface area contributed by atoms with Crippen molar-refractivity contribution in [2.75, 3.05) is 5.75 Å². The van der Waals surface area contributed by atoms with Gasteiger partial charge in [0.15, 0.2) is 11.0 Å². The molecule has 1 heterocycles. The van der Waals surface area contributed by atoms with Gasteiger partial charge in [-0.05, 0) is 36.4 Å². The second-order valence-electron chi connectivity index (χ2n) is 5.53. The first-order valence-electron chi connectivity index (χ1n) is 7.97. The molecule has 0 unspecified atom stereocenters. The van der Waals surface area contributed by atoms with E-state index < -0.39 is 0 Å². The standard InChI is InChI=1S/C18H16ClN5O2S/c1-24-16(12-7-9-14(19)10-8-12)21-23-18(24)27-11-15(25)20-22-17(26)13-5-3-2-4-6-13/h2-10H,11H2,1H3,(H,20,25)(H,22,26). The summed E-state index contributed by atoms with van der Waals surface area (Å²) in [6.45, 7) is 0. The number of hydrazine groups is 1. The molecule has 0 aliphatic heterocycles. The van der Waals surface area contributed by atoms with Gasteiger partial charge in [-0.15, -0.1) is 10.2 Å². The third-order valence-electron chi connectivity index (χ3n) is 3.62. The number of benzene rings is 2. The zero-order valence-electron chi connectivity index (χ0n) is 14.3. The number of nitrogens with zero attached hydrogens (tertiary/aromatic N) is 3. The molecule has 0 aliphatic carbocycles. The zero-order chi connectivity index (χ0) is 19.2. The molecule has 0 radical (unpaired) electrons. The molecule has 0 fully saturated rings. The van der Waals surface area contributed by atoms with E-state index in [0.29, 0.717) is 21.6 Å². The van der Waals surface area contributed by atoms with Gasteiger partial charge in [0.05, 0.1) is 5.75 Å². The summed E-state index contributed by atoms with van der Waals surface area (Å²) in [5, 5.41) is 9.49. The van der Waals surface area contributed by atoms with E-state index in [0.717, 1.165) is 5.56 Å². The summed E-state index contributed by atoms with van der Waals surface area (Å²) >= 11 is 7.12. The summed E-state index contributed by atoms with van der Waals surface area (Å²) in [5.74, 6) is 0.0340. The van der Waals surface area contributed by atoms with Gasteiger partial charge in [0.25, 0.3) is 5.91 Å². The number of hydrogen-bond donors (Lipinski definition) is 2. The number of halogens is 1. The first-order valence-corrected chi connectivity index (χ1v) is 9.33. The van der Waals surface area contributed by atoms with E-state index in [-0.39, 0.29) is 17.6 Å². The first-order chi connectivity index (χ1) is 13.0. The molecule has 9 heteroatoms. The Balaban J connectivity index is 1.53. The monoisotopic (exact) mass is 401 g/mol. The number of carbonyl (C=O) groups excluding carboxylic acids is 2. The van der Waals surface area contributed by atoms with Gasteiger partial charge in [0.2, 0.25) is 5.91 Å². The fourth-order valence-electron chi connectivity index (χ4n) is 2.25. The minimum atomic E-state index is -0.377. The quantitative estimate of drug-likeness (QED) is 0.507. The molecule has 138 valence electrons. The van der Waals surface area contributed by atoms with Crippen molar-refractivity contribution in [1.29, 1.82) is 0 Å². The van der Waals surface area contributed by atoms with Crippen molar-refractivity contribution in [3.05, 3.63) is 65.2 Å². The van der Waals surface area contributed by atoms with Crippen LogP contribution < -0.4 is 10.9 Å². The van der Waals surface area contributed by atoms with Crippen molar-refractivity contribution >= 4 is 35.2 Å². The second kappa shape index (κ2) is 8.70. The van der Waals surface area contributed by atoms with Gasteiger partial charge in [-0.25, -0.2) is 0 Å². The van der Waals surface area contributed by atoms with E-state index in [9.17, 15) is 9.59 Å². The highest BCUT2D eigenvalue weighted by molar-refractivity contribution is 7.99. The number of carbonyl (C=O) groups is 2. The highest BCUT2D eigenvalue weighted by Crippen LogP contribution is 2.23. The Kier molecular flexibility index (Phi) is 6.10. The van der Waals surface area contributed by atoms with Gasteiger partial charge in [-0.1, -0.05) is 41.6 Å². The van der Waals surface area contributed by atoms with E-state index >= 15 is 0 Å². The lowest BCUT2D eigenvalue weighted by Crippen LogP contribution is -2.42. The van der Waals surface area contributed by atoms with Crippen molar-refractivity contribution in [2.45, 2.75) is 5.16 Å². The molecular weight excluding hydrogens is 386 g/mol. The molecule has 0 saturated carbocycles. The predicted molar refractivity (Wildman–Crippen MR) is 104 cm³/mol. The molecule has 0 spiro atoms. The van der Waals surface area contributed by atoms with Gasteiger partial charge in [0, 0.05) is 23.2 Å². The van der Waals surface area contributed by atoms with Crippen LogP contribution in [-0.2, 0) is 11.8 Å². The number of amides is 2. The Labute approximate surface area is 165 Å².